The first kappa shape index (κ1) is 22.7. The first-order valence-corrected chi connectivity index (χ1v) is 9.44. The van der Waals surface area contributed by atoms with Crippen LogP contribution in [-0.4, -0.2) is 69.2 Å². The number of hydrogen-bond acceptors (Lipinski definition) is 6. The zero-order chi connectivity index (χ0) is 19.4. The summed E-state index contributed by atoms with van der Waals surface area (Å²) in [5, 5.41) is 13.5. The Kier molecular flexibility index (Phi) is 11.3. The molecule has 0 radical (unpaired) electrons. The molecular formula is C20H36N2O4. The number of nitrogens with one attached hydrogen (secondary N) is 1. The third-order valence-corrected chi connectivity index (χ3v) is 4.22. The Bertz CT molecular complexity index is 497. The van der Waals surface area contributed by atoms with Gasteiger partial charge in [0.1, 0.15) is 12.7 Å². The maximum atomic E-state index is 10.1. The van der Waals surface area contributed by atoms with Gasteiger partial charge in [-0.1, -0.05) is 6.07 Å². The number of likely N-dealkylation sites (N-methyl/N-ethyl adjacent to an activating group) is 1. The second-order valence-electron chi connectivity index (χ2n) is 6.71. The van der Waals surface area contributed by atoms with E-state index < -0.39 is 6.10 Å². The van der Waals surface area contributed by atoms with Gasteiger partial charge in [0.2, 0.25) is 0 Å². The van der Waals surface area contributed by atoms with Crippen LogP contribution >= 0.6 is 0 Å². The zero-order valence-corrected chi connectivity index (χ0v) is 17.0. The minimum atomic E-state index is -0.543. The first-order valence-electron chi connectivity index (χ1n) is 9.44. The van der Waals surface area contributed by atoms with Crippen LogP contribution in [0.15, 0.2) is 18.2 Å². The third kappa shape index (κ3) is 8.85. The molecule has 0 aliphatic rings. The normalized spacial score (nSPS) is 12.6. The van der Waals surface area contributed by atoms with Crippen molar-refractivity contribution in [2.24, 2.45) is 0 Å². The van der Waals surface area contributed by atoms with Gasteiger partial charge in [-0.15, -0.1) is 0 Å². The molecule has 0 saturated heterocycles. The van der Waals surface area contributed by atoms with E-state index in [4.69, 9.17) is 14.2 Å². The van der Waals surface area contributed by atoms with Crippen LogP contribution in [0.25, 0.3) is 0 Å². The number of hydrogen-bond donors (Lipinski definition) is 2. The molecule has 1 atom stereocenters. The Labute approximate surface area is 158 Å². The Morgan fingerprint density at radius 3 is 2.65 bits per heavy atom. The molecule has 2 N–H and O–H groups in total. The molecule has 0 heterocycles. The molecule has 0 aliphatic carbocycles. The summed E-state index contributed by atoms with van der Waals surface area (Å²) in [5.74, 6) is 1.34. The van der Waals surface area contributed by atoms with Crippen LogP contribution in [0.4, 0.5) is 0 Å². The molecule has 0 fully saturated rings. The van der Waals surface area contributed by atoms with Gasteiger partial charge < -0.3 is 29.5 Å². The quantitative estimate of drug-likeness (QED) is 0.491. The van der Waals surface area contributed by atoms with Crippen molar-refractivity contribution in [1.29, 1.82) is 0 Å². The maximum Gasteiger partial charge on any atom is 0.161 e. The molecule has 1 aromatic carbocycles. The fraction of sp³-hybridized carbons (Fsp3) is 0.700. The number of rotatable bonds is 14. The van der Waals surface area contributed by atoms with Crippen molar-refractivity contribution in [2.75, 3.05) is 47.1 Å². The molecule has 0 saturated carbocycles. The van der Waals surface area contributed by atoms with Gasteiger partial charge in [0.15, 0.2) is 11.5 Å². The van der Waals surface area contributed by atoms with Crippen molar-refractivity contribution in [2.45, 2.75) is 45.9 Å². The molecule has 0 bridgehead atoms. The molecule has 0 amide bonds. The van der Waals surface area contributed by atoms with Gasteiger partial charge in [-0.2, -0.15) is 0 Å². The highest BCUT2D eigenvalue weighted by Crippen LogP contribution is 2.28. The van der Waals surface area contributed by atoms with Crippen LogP contribution < -0.4 is 14.8 Å². The van der Waals surface area contributed by atoms with Crippen molar-refractivity contribution in [3.8, 4) is 11.5 Å². The number of methoxy groups -OCH3 is 1. The molecule has 0 aliphatic heterocycles. The highest BCUT2D eigenvalue weighted by molar-refractivity contribution is 5.43. The topological polar surface area (TPSA) is 63.2 Å². The molecular weight excluding hydrogens is 332 g/mol. The second-order valence-corrected chi connectivity index (χ2v) is 6.71. The van der Waals surface area contributed by atoms with Crippen molar-refractivity contribution >= 4 is 0 Å². The predicted octanol–water partition coefficient (Wildman–Crippen LogP) is 2.29. The predicted molar refractivity (Wildman–Crippen MR) is 105 cm³/mol. The summed E-state index contributed by atoms with van der Waals surface area (Å²) < 4.78 is 16.5. The van der Waals surface area contributed by atoms with Crippen LogP contribution in [0, 0.1) is 0 Å². The average molecular weight is 369 g/mol. The van der Waals surface area contributed by atoms with Crippen molar-refractivity contribution in [3.05, 3.63) is 23.8 Å². The average Bonchev–Trinajstić information content (AvgIpc) is 2.63. The van der Waals surface area contributed by atoms with E-state index in [1.54, 1.807) is 7.11 Å². The van der Waals surface area contributed by atoms with E-state index in [1.807, 2.05) is 32.2 Å². The highest BCUT2D eigenvalue weighted by Gasteiger charge is 2.13. The molecule has 1 rings (SSSR count). The number of nitrogens with zero attached hydrogens (tertiary/aromatic N) is 1. The molecule has 6 nitrogen and oxygen atoms in total. The fourth-order valence-corrected chi connectivity index (χ4v) is 2.40. The van der Waals surface area contributed by atoms with E-state index in [0.717, 1.165) is 38.3 Å². The lowest BCUT2D eigenvalue weighted by molar-refractivity contribution is 0.0668. The minimum absolute atomic E-state index is 0.239. The first-order chi connectivity index (χ1) is 12.5. The van der Waals surface area contributed by atoms with Gasteiger partial charge in [-0.05, 0) is 58.5 Å². The summed E-state index contributed by atoms with van der Waals surface area (Å²) in [6, 6.07) is 6.27. The summed E-state index contributed by atoms with van der Waals surface area (Å²) in [5.41, 5.74) is 1.13. The molecule has 6 heteroatoms. The summed E-state index contributed by atoms with van der Waals surface area (Å²) in [6.45, 7) is 10.2. The van der Waals surface area contributed by atoms with E-state index in [-0.39, 0.29) is 6.61 Å². The van der Waals surface area contributed by atoms with E-state index in [2.05, 4.69) is 24.1 Å². The SMILES string of the molecule is CCOCCCNCc1ccc(OCC(O)CN(C)C(C)C)c(OC)c1. The van der Waals surface area contributed by atoms with E-state index >= 15 is 0 Å². The lowest BCUT2D eigenvalue weighted by atomic mass is 10.2. The molecule has 1 aromatic rings. The Balaban J connectivity index is 2.44. The number of benzene rings is 1. The van der Waals surface area contributed by atoms with Crippen LogP contribution in [0.3, 0.4) is 0 Å². The van der Waals surface area contributed by atoms with Crippen molar-refractivity contribution in [1.82, 2.24) is 10.2 Å². The number of ether oxygens (including phenoxy) is 3. The standard InChI is InChI=1S/C20H36N2O4/c1-6-25-11-7-10-21-13-17-8-9-19(20(12-17)24-5)26-15-18(23)14-22(4)16(2)3/h8-9,12,16,18,21,23H,6-7,10-11,13-15H2,1-5H3. The summed E-state index contributed by atoms with van der Waals surface area (Å²) in [4.78, 5) is 2.09. The van der Waals surface area contributed by atoms with Crippen LogP contribution in [0.5, 0.6) is 11.5 Å². The van der Waals surface area contributed by atoms with Gasteiger partial charge in [-0.3, -0.25) is 0 Å². The van der Waals surface area contributed by atoms with Crippen LogP contribution in [0.2, 0.25) is 0 Å². The smallest absolute Gasteiger partial charge is 0.161 e. The van der Waals surface area contributed by atoms with E-state index in [9.17, 15) is 5.11 Å². The van der Waals surface area contributed by atoms with Gasteiger partial charge >= 0.3 is 0 Å². The Morgan fingerprint density at radius 1 is 1.23 bits per heavy atom. The molecule has 1 unspecified atom stereocenters. The number of aliphatic hydroxyl groups is 1. The van der Waals surface area contributed by atoms with Gasteiger partial charge in [0.25, 0.3) is 0 Å². The summed E-state index contributed by atoms with van der Waals surface area (Å²) >= 11 is 0. The monoisotopic (exact) mass is 368 g/mol. The van der Waals surface area contributed by atoms with Gasteiger partial charge in [0, 0.05) is 32.3 Å². The fourth-order valence-electron chi connectivity index (χ4n) is 2.40. The largest absolute Gasteiger partial charge is 0.493 e. The third-order valence-electron chi connectivity index (χ3n) is 4.22. The van der Waals surface area contributed by atoms with Crippen LogP contribution in [0.1, 0.15) is 32.8 Å². The highest BCUT2D eigenvalue weighted by atomic mass is 16.5. The van der Waals surface area contributed by atoms with Crippen LogP contribution in [-0.2, 0) is 11.3 Å². The molecule has 0 spiro atoms. The molecule has 26 heavy (non-hydrogen) atoms. The minimum Gasteiger partial charge on any atom is -0.493 e. The van der Waals surface area contributed by atoms with Crippen molar-refractivity contribution in [3.63, 3.8) is 0 Å². The van der Waals surface area contributed by atoms with Gasteiger partial charge in [0.05, 0.1) is 7.11 Å². The second kappa shape index (κ2) is 12.9. The van der Waals surface area contributed by atoms with E-state index in [0.29, 0.717) is 24.1 Å². The lowest BCUT2D eigenvalue weighted by Gasteiger charge is -2.24. The Morgan fingerprint density at radius 2 is 2.00 bits per heavy atom. The molecule has 150 valence electrons. The summed E-state index contributed by atoms with van der Waals surface area (Å²) in [7, 11) is 3.62. The maximum absolute atomic E-state index is 10.1. The van der Waals surface area contributed by atoms with E-state index in [1.165, 1.54) is 0 Å². The molecule has 0 aromatic heterocycles. The van der Waals surface area contributed by atoms with Crippen molar-refractivity contribution < 1.29 is 19.3 Å². The summed E-state index contributed by atoms with van der Waals surface area (Å²) in [6.07, 6.45) is 0.452. The zero-order valence-electron chi connectivity index (χ0n) is 17.0. The lowest BCUT2D eigenvalue weighted by Crippen LogP contribution is -2.36. The van der Waals surface area contributed by atoms with Gasteiger partial charge in [-0.25, -0.2) is 0 Å². The number of aliphatic hydroxyl groups excluding tert-OH is 1. The Hall–Kier alpha value is -1.34.